The van der Waals surface area contributed by atoms with Crippen LogP contribution in [-0.4, -0.2) is 26.2 Å². The normalized spacial score (nSPS) is 11.9. The number of hydrogen-bond acceptors (Lipinski definition) is 4. The van der Waals surface area contributed by atoms with Crippen molar-refractivity contribution in [1.29, 1.82) is 0 Å². The fourth-order valence-corrected chi connectivity index (χ4v) is 2.80. The second-order valence-electron chi connectivity index (χ2n) is 5.06. The first-order valence-electron chi connectivity index (χ1n) is 7.15. The highest BCUT2D eigenvalue weighted by atomic mass is 35.5. The van der Waals surface area contributed by atoms with Crippen molar-refractivity contribution < 1.29 is 15.0 Å². The average Bonchev–Trinajstić information content (AvgIpc) is 2.62. The Hall–Kier alpha value is -2.76. The zero-order valence-electron chi connectivity index (χ0n) is 12.4. The molecule has 0 radical (unpaired) electrons. The van der Waals surface area contributed by atoms with Crippen LogP contribution in [0.1, 0.15) is 11.7 Å². The largest absolute Gasteiger partial charge is 0.479 e. The summed E-state index contributed by atoms with van der Waals surface area (Å²) in [6.45, 7) is 0. The summed E-state index contributed by atoms with van der Waals surface area (Å²) in [7, 11) is 0. The molecule has 0 saturated carbocycles. The number of hydrogen-bond donors (Lipinski definition) is 2. The number of carboxylic acids is 1. The number of aliphatic hydroxyl groups is 1. The van der Waals surface area contributed by atoms with Crippen molar-refractivity contribution in [2.75, 3.05) is 0 Å². The maximum Gasteiger partial charge on any atom is 0.337 e. The maximum atomic E-state index is 11.1. The van der Waals surface area contributed by atoms with Gasteiger partial charge in [0.25, 0.3) is 0 Å². The number of nitrogens with zero attached hydrogens (tertiary/aromatic N) is 2. The quantitative estimate of drug-likeness (QED) is 0.758. The summed E-state index contributed by atoms with van der Waals surface area (Å²) in [5, 5.41) is 19.1. The fraction of sp³-hybridized carbons (Fsp3) is 0.0556. The van der Waals surface area contributed by atoms with Gasteiger partial charge in [-0.25, -0.2) is 4.79 Å². The lowest BCUT2D eigenvalue weighted by molar-refractivity contribution is -0.146. The number of benzene rings is 1. The molecule has 24 heavy (non-hydrogen) atoms. The molecule has 1 atom stereocenters. The van der Waals surface area contributed by atoms with Gasteiger partial charge < -0.3 is 10.2 Å². The van der Waals surface area contributed by atoms with Crippen molar-refractivity contribution in [2.45, 2.75) is 6.10 Å². The van der Waals surface area contributed by atoms with E-state index < -0.39 is 12.1 Å². The highest BCUT2D eigenvalue weighted by molar-refractivity contribution is 6.35. The lowest BCUT2D eigenvalue weighted by Crippen LogP contribution is -2.11. The highest BCUT2D eigenvalue weighted by Gasteiger charge is 2.24. The smallest absolute Gasteiger partial charge is 0.337 e. The van der Waals surface area contributed by atoms with Crippen LogP contribution in [0.3, 0.4) is 0 Å². The van der Waals surface area contributed by atoms with Gasteiger partial charge >= 0.3 is 5.97 Å². The van der Waals surface area contributed by atoms with Crippen LogP contribution in [0.4, 0.5) is 0 Å². The van der Waals surface area contributed by atoms with Crippen molar-refractivity contribution in [3.05, 3.63) is 71.5 Å². The number of pyridine rings is 2. The van der Waals surface area contributed by atoms with Gasteiger partial charge in [-0.15, -0.1) is 0 Å². The Morgan fingerprint density at radius 2 is 1.58 bits per heavy atom. The van der Waals surface area contributed by atoms with E-state index in [1.54, 1.807) is 42.7 Å². The van der Waals surface area contributed by atoms with Crippen molar-refractivity contribution in [3.8, 4) is 22.5 Å². The molecule has 1 unspecified atom stereocenters. The number of carbonyl (C=O) groups is 1. The molecule has 2 heterocycles. The van der Waals surface area contributed by atoms with E-state index in [0.717, 1.165) is 0 Å². The van der Waals surface area contributed by atoms with Crippen LogP contribution >= 0.6 is 11.6 Å². The first-order valence-corrected chi connectivity index (χ1v) is 7.53. The standard InChI is InChI=1S/C18H13ClN2O3/c19-16-12(17(22)18(23)24)8-7-11(13-5-1-3-9-20-13)15(16)14-6-2-4-10-21-14/h1-10,17,22H,(H,23,24). The molecule has 0 saturated heterocycles. The molecule has 2 aromatic heterocycles. The summed E-state index contributed by atoms with van der Waals surface area (Å²) >= 11 is 6.45. The summed E-state index contributed by atoms with van der Waals surface area (Å²) in [6, 6.07) is 14.0. The minimum absolute atomic E-state index is 0.115. The van der Waals surface area contributed by atoms with Crippen molar-refractivity contribution in [1.82, 2.24) is 9.97 Å². The van der Waals surface area contributed by atoms with Gasteiger partial charge in [-0.1, -0.05) is 35.9 Å². The van der Waals surface area contributed by atoms with Crippen molar-refractivity contribution in [2.24, 2.45) is 0 Å². The Morgan fingerprint density at radius 3 is 2.12 bits per heavy atom. The zero-order valence-corrected chi connectivity index (χ0v) is 13.2. The van der Waals surface area contributed by atoms with E-state index in [1.807, 2.05) is 12.1 Å². The Bertz CT molecular complexity index is 870. The molecular formula is C18H13ClN2O3. The van der Waals surface area contributed by atoms with Gasteiger partial charge in [0.2, 0.25) is 0 Å². The number of rotatable bonds is 4. The minimum atomic E-state index is -1.71. The molecule has 120 valence electrons. The van der Waals surface area contributed by atoms with E-state index in [9.17, 15) is 9.90 Å². The van der Waals surface area contributed by atoms with Crippen molar-refractivity contribution in [3.63, 3.8) is 0 Å². The molecule has 0 fully saturated rings. The van der Waals surface area contributed by atoms with Crippen LogP contribution in [0.25, 0.3) is 22.5 Å². The van der Waals surface area contributed by atoms with E-state index in [-0.39, 0.29) is 10.6 Å². The van der Waals surface area contributed by atoms with Crippen LogP contribution in [0.15, 0.2) is 60.9 Å². The Morgan fingerprint density at radius 1 is 0.958 bits per heavy atom. The monoisotopic (exact) mass is 340 g/mol. The minimum Gasteiger partial charge on any atom is -0.479 e. The van der Waals surface area contributed by atoms with E-state index in [4.69, 9.17) is 16.7 Å². The van der Waals surface area contributed by atoms with Crippen LogP contribution < -0.4 is 0 Å². The molecule has 0 aliphatic carbocycles. The van der Waals surface area contributed by atoms with Crippen LogP contribution in [0.5, 0.6) is 0 Å². The molecule has 2 N–H and O–H groups in total. The third kappa shape index (κ3) is 2.99. The summed E-state index contributed by atoms with van der Waals surface area (Å²) in [5.41, 5.74) is 2.61. The summed E-state index contributed by atoms with van der Waals surface area (Å²) < 4.78 is 0. The second kappa shape index (κ2) is 6.78. The van der Waals surface area contributed by atoms with Gasteiger partial charge in [0.05, 0.1) is 16.4 Å². The Balaban J connectivity index is 2.28. The van der Waals surface area contributed by atoms with E-state index in [2.05, 4.69) is 9.97 Å². The van der Waals surface area contributed by atoms with Crippen LogP contribution in [-0.2, 0) is 4.79 Å². The van der Waals surface area contributed by atoms with Gasteiger partial charge in [-0.3, -0.25) is 9.97 Å². The molecular weight excluding hydrogens is 328 g/mol. The molecule has 3 rings (SSSR count). The topological polar surface area (TPSA) is 83.3 Å². The van der Waals surface area contributed by atoms with E-state index in [1.165, 1.54) is 6.07 Å². The van der Waals surface area contributed by atoms with E-state index in [0.29, 0.717) is 22.5 Å². The third-order valence-electron chi connectivity index (χ3n) is 3.56. The van der Waals surface area contributed by atoms with Gasteiger partial charge in [0, 0.05) is 29.1 Å². The number of halogens is 1. The predicted molar refractivity (Wildman–Crippen MR) is 90.5 cm³/mol. The SMILES string of the molecule is O=C(O)C(O)c1ccc(-c2ccccn2)c(-c2ccccn2)c1Cl. The molecule has 0 aliphatic rings. The summed E-state index contributed by atoms with van der Waals surface area (Å²) in [6.07, 6.45) is 1.57. The van der Waals surface area contributed by atoms with Gasteiger partial charge in [-0.05, 0) is 24.3 Å². The second-order valence-corrected chi connectivity index (χ2v) is 5.44. The molecule has 0 amide bonds. The van der Waals surface area contributed by atoms with Gasteiger partial charge in [0.15, 0.2) is 6.10 Å². The van der Waals surface area contributed by atoms with E-state index >= 15 is 0 Å². The Kier molecular flexibility index (Phi) is 4.55. The fourth-order valence-electron chi connectivity index (χ4n) is 2.43. The lowest BCUT2D eigenvalue weighted by Gasteiger charge is -2.16. The number of aliphatic hydroxyl groups excluding tert-OH is 1. The van der Waals surface area contributed by atoms with Crippen LogP contribution in [0, 0.1) is 0 Å². The Labute approximate surface area is 143 Å². The number of carboxylic acid groups (broad SMARTS) is 1. The number of aliphatic carboxylic acids is 1. The lowest BCUT2D eigenvalue weighted by atomic mass is 9.95. The predicted octanol–water partition coefficient (Wildman–Crippen LogP) is 3.58. The molecule has 1 aromatic carbocycles. The van der Waals surface area contributed by atoms with Crippen molar-refractivity contribution >= 4 is 17.6 Å². The third-order valence-corrected chi connectivity index (χ3v) is 3.97. The molecule has 6 heteroatoms. The van der Waals surface area contributed by atoms with Gasteiger partial charge in [0.1, 0.15) is 0 Å². The first-order chi connectivity index (χ1) is 11.6. The average molecular weight is 341 g/mol. The number of aromatic nitrogens is 2. The molecule has 3 aromatic rings. The summed E-state index contributed by atoms with van der Waals surface area (Å²) in [5.74, 6) is -1.37. The highest BCUT2D eigenvalue weighted by Crippen LogP contribution is 2.39. The maximum absolute atomic E-state index is 11.1. The molecule has 0 spiro atoms. The first kappa shape index (κ1) is 16.1. The molecule has 0 aliphatic heterocycles. The summed E-state index contributed by atoms with van der Waals surface area (Å²) in [4.78, 5) is 19.7. The van der Waals surface area contributed by atoms with Gasteiger partial charge in [-0.2, -0.15) is 0 Å². The molecule has 0 bridgehead atoms. The molecule has 5 nitrogen and oxygen atoms in total. The zero-order chi connectivity index (χ0) is 17.1. The van der Waals surface area contributed by atoms with Crippen LogP contribution in [0.2, 0.25) is 5.02 Å².